The summed E-state index contributed by atoms with van der Waals surface area (Å²) in [6, 6.07) is 6.27. The molecule has 2 heterocycles. The summed E-state index contributed by atoms with van der Waals surface area (Å²) in [4.78, 5) is 9.67. The number of hydrogen-bond donors (Lipinski definition) is 1. The van der Waals surface area contributed by atoms with Crippen LogP contribution in [0, 0.1) is 5.92 Å². The third-order valence-electron chi connectivity index (χ3n) is 3.61. The molecule has 1 aliphatic heterocycles. The van der Waals surface area contributed by atoms with Crippen molar-refractivity contribution in [2.45, 2.75) is 27.2 Å². The Labute approximate surface area is 123 Å². The zero-order chi connectivity index (χ0) is 14.4. The van der Waals surface area contributed by atoms with E-state index in [0.717, 1.165) is 56.7 Å². The number of nitrogens with one attached hydrogen (secondary N) is 1. The molecule has 0 atom stereocenters. The molecule has 0 bridgehead atoms. The Morgan fingerprint density at radius 1 is 1.20 bits per heavy atom. The highest BCUT2D eigenvalue weighted by molar-refractivity contribution is 5.47. The number of piperazine rings is 1. The SMILES string of the molecule is CCCNc1cccc(N2CCN(CC(C)C)CC2)n1. The van der Waals surface area contributed by atoms with Crippen molar-refractivity contribution in [3.05, 3.63) is 18.2 Å². The fraction of sp³-hybridized carbons (Fsp3) is 0.688. The van der Waals surface area contributed by atoms with Crippen LogP contribution in [0.15, 0.2) is 18.2 Å². The van der Waals surface area contributed by atoms with Gasteiger partial charge in [0.05, 0.1) is 0 Å². The van der Waals surface area contributed by atoms with E-state index >= 15 is 0 Å². The highest BCUT2D eigenvalue weighted by Gasteiger charge is 2.18. The van der Waals surface area contributed by atoms with E-state index in [1.165, 1.54) is 6.54 Å². The zero-order valence-electron chi connectivity index (χ0n) is 13.1. The molecule has 1 saturated heterocycles. The number of anilines is 2. The minimum Gasteiger partial charge on any atom is -0.370 e. The number of nitrogens with zero attached hydrogens (tertiary/aromatic N) is 3. The molecule has 0 aromatic carbocycles. The first kappa shape index (κ1) is 15.1. The van der Waals surface area contributed by atoms with Crippen molar-refractivity contribution in [1.82, 2.24) is 9.88 Å². The van der Waals surface area contributed by atoms with Gasteiger partial charge in [0.1, 0.15) is 11.6 Å². The largest absolute Gasteiger partial charge is 0.370 e. The molecule has 2 rings (SSSR count). The van der Waals surface area contributed by atoms with E-state index in [1.54, 1.807) is 0 Å². The maximum atomic E-state index is 4.72. The molecule has 0 saturated carbocycles. The first-order chi connectivity index (χ1) is 9.69. The van der Waals surface area contributed by atoms with Gasteiger partial charge < -0.3 is 10.2 Å². The molecule has 112 valence electrons. The molecule has 1 aliphatic rings. The second kappa shape index (κ2) is 7.48. The van der Waals surface area contributed by atoms with E-state index in [4.69, 9.17) is 4.98 Å². The zero-order valence-corrected chi connectivity index (χ0v) is 13.1. The van der Waals surface area contributed by atoms with Gasteiger partial charge in [0.2, 0.25) is 0 Å². The van der Waals surface area contributed by atoms with Crippen molar-refractivity contribution in [3.8, 4) is 0 Å². The van der Waals surface area contributed by atoms with Crippen LogP contribution in [0.4, 0.5) is 11.6 Å². The summed E-state index contributed by atoms with van der Waals surface area (Å²) < 4.78 is 0. The number of pyridine rings is 1. The minimum absolute atomic E-state index is 0.751. The fourth-order valence-corrected chi connectivity index (χ4v) is 2.63. The van der Waals surface area contributed by atoms with Gasteiger partial charge in [-0.3, -0.25) is 4.90 Å². The Kier molecular flexibility index (Phi) is 5.65. The molecule has 1 aromatic heterocycles. The molecule has 1 aromatic rings. The summed E-state index contributed by atoms with van der Waals surface area (Å²) in [5.74, 6) is 2.85. The Morgan fingerprint density at radius 3 is 2.60 bits per heavy atom. The summed E-state index contributed by atoms with van der Waals surface area (Å²) in [6.45, 7) is 13.4. The van der Waals surface area contributed by atoms with Gasteiger partial charge in [-0.1, -0.05) is 26.8 Å². The van der Waals surface area contributed by atoms with Crippen LogP contribution in [0.25, 0.3) is 0 Å². The van der Waals surface area contributed by atoms with E-state index < -0.39 is 0 Å². The predicted octanol–water partition coefficient (Wildman–Crippen LogP) is 2.68. The molecule has 0 aliphatic carbocycles. The molecule has 20 heavy (non-hydrogen) atoms. The summed E-state index contributed by atoms with van der Waals surface area (Å²) >= 11 is 0. The van der Waals surface area contributed by atoms with Crippen molar-refractivity contribution in [3.63, 3.8) is 0 Å². The monoisotopic (exact) mass is 276 g/mol. The predicted molar refractivity (Wildman–Crippen MR) is 86.5 cm³/mol. The third-order valence-corrected chi connectivity index (χ3v) is 3.61. The van der Waals surface area contributed by atoms with E-state index in [0.29, 0.717) is 0 Å². The lowest BCUT2D eigenvalue weighted by molar-refractivity contribution is 0.231. The maximum absolute atomic E-state index is 4.72. The molecular formula is C16H28N4. The van der Waals surface area contributed by atoms with Crippen LogP contribution in [0.1, 0.15) is 27.2 Å². The van der Waals surface area contributed by atoms with Crippen molar-refractivity contribution in [1.29, 1.82) is 0 Å². The van der Waals surface area contributed by atoms with Crippen LogP contribution in [0.2, 0.25) is 0 Å². The summed E-state index contributed by atoms with van der Waals surface area (Å²) in [7, 11) is 0. The minimum atomic E-state index is 0.751. The van der Waals surface area contributed by atoms with Gasteiger partial charge >= 0.3 is 0 Å². The van der Waals surface area contributed by atoms with Crippen LogP contribution < -0.4 is 10.2 Å². The Morgan fingerprint density at radius 2 is 1.95 bits per heavy atom. The third kappa shape index (κ3) is 4.37. The Hall–Kier alpha value is -1.29. The quantitative estimate of drug-likeness (QED) is 0.865. The first-order valence-corrected chi connectivity index (χ1v) is 7.87. The van der Waals surface area contributed by atoms with E-state index in [9.17, 15) is 0 Å². The van der Waals surface area contributed by atoms with Crippen molar-refractivity contribution in [2.75, 3.05) is 49.5 Å². The average Bonchev–Trinajstić information content (AvgIpc) is 2.45. The van der Waals surface area contributed by atoms with Gasteiger partial charge in [-0.25, -0.2) is 4.98 Å². The first-order valence-electron chi connectivity index (χ1n) is 7.87. The van der Waals surface area contributed by atoms with E-state index in [2.05, 4.69) is 48.0 Å². The van der Waals surface area contributed by atoms with Crippen molar-refractivity contribution in [2.24, 2.45) is 5.92 Å². The Bertz CT molecular complexity index is 397. The lowest BCUT2D eigenvalue weighted by Gasteiger charge is -2.36. The lowest BCUT2D eigenvalue weighted by atomic mass is 10.2. The summed E-state index contributed by atoms with van der Waals surface area (Å²) in [6.07, 6.45) is 1.12. The number of hydrogen-bond acceptors (Lipinski definition) is 4. The van der Waals surface area contributed by atoms with Crippen LogP contribution >= 0.6 is 0 Å². The van der Waals surface area contributed by atoms with Crippen LogP contribution in [-0.2, 0) is 0 Å². The highest BCUT2D eigenvalue weighted by Crippen LogP contribution is 2.16. The van der Waals surface area contributed by atoms with Crippen LogP contribution in [0.3, 0.4) is 0 Å². The highest BCUT2D eigenvalue weighted by atomic mass is 15.3. The van der Waals surface area contributed by atoms with Gasteiger partial charge in [0.15, 0.2) is 0 Å². The topological polar surface area (TPSA) is 31.4 Å². The van der Waals surface area contributed by atoms with Gasteiger partial charge in [0.25, 0.3) is 0 Å². The van der Waals surface area contributed by atoms with Crippen LogP contribution in [0.5, 0.6) is 0 Å². The van der Waals surface area contributed by atoms with Gasteiger partial charge in [0, 0.05) is 39.3 Å². The van der Waals surface area contributed by atoms with E-state index in [1.807, 2.05) is 6.07 Å². The molecule has 0 amide bonds. The maximum Gasteiger partial charge on any atom is 0.131 e. The second-order valence-corrected chi connectivity index (χ2v) is 5.99. The number of rotatable bonds is 6. The molecular weight excluding hydrogens is 248 g/mol. The molecule has 4 nitrogen and oxygen atoms in total. The smallest absolute Gasteiger partial charge is 0.131 e. The normalized spacial score (nSPS) is 16.7. The van der Waals surface area contributed by atoms with Gasteiger partial charge in [-0.05, 0) is 24.5 Å². The van der Waals surface area contributed by atoms with Crippen LogP contribution in [-0.4, -0.2) is 49.2 Å². The lowest BCUT2D eigenvalue weighted by Crippen LogP contribution is -2.47. The van der Waals surface area contributed by atoms with Gasteiger partial charge in [-0.15, -0.1) is 0 Å². The summed E-state index contributed by atoms with van der Waals surface area (Å²) in [5.41, 5.74) is 0. The van der Waals surface area contributed by atoms with Crippen molar-refractivity contribution >= 4 is 11.6 Å². The van der Waals surface area contributed by atoms with Gasteiger partial charge in [-0.2, -0.15) is 0 Å². The average molecular weight is 276 g/mol. The summed E-state index contributed by atoms with van der Waals surface area (Å²) in [5, 5.41) is 3.36. The Balaban J connectivity index is 1.89. The second-order valence-electron chi connectivity index (χ2n) is 5.99. The fourth-order valence-electron chi connectivity index (χ4n) is 2.63. The van der Waals surface area contributed by atoms with E-state index in [-0.39, 0.29) is 0 Å². The standard InChI is InChI=1S/C16H28N4/c1-4-8-17-15-6-5-7-16(18-15)20-11-9-19(10-12-20)13-14(2)3/h5-7,14H,4,8-13H2,1-3H3,(H,17,18). The molecule has 0 spiro atoms. The molecule has 0 radical (unpaired) electrons. The molecule has 4 heteroatoms. The number of aromatic nitrogens is 1. The van der Waals surface area contributed by atoms with Crippen molar-refractivity contribution < 1.29 is 0 Å². The molecule has 1 fully saturated rings. The molecule has 0 unspecified atom stereocenters. The molecule has 1 N–H and O–H groups in total.